The van der Waals surface area contributed by atoms with Gasteiger partial charge in [-0.2, -0.15) is 13.2 Å². The van der Waals surface area contributed by atoms with E-state index in [2.05, 4.69) is 4.72 Å². The fraction of sp³-hybridized carbons (Fsp3) is 0.235. The number of nitrogens with zero attached hydrogens (tertiary/aromatic N) is 1. The van der Waals surface area contributed by atoms with Crippen molar-refractivity contribution >= 4 is 33.4 Å². The Kier molecular flexibility index (Phi) is 5.24. The van der Waals surface area contributed by atoms with Gasteiger partial charge < -0.3 is 0 Å². The molecule has 0 aromatic heterocycles. The van der Waals surface area contributed by atoms with E-state index in [1.54, 1.807) is 0 Å². The summed E-state index contributed by atoms with van der Waals surface area (Å²) in [6, 6.07) is 10.4. The van der Waals surface area contributed by atoms with Crippen LogP contribution in [0.15, 0.2) is 53.4 Å². The molecule has 1 N–H and O–H groups in total. The van der Waals surface area contributed by atoms with Crippen LogP contribution in [-0.2, 0) is 21.0 Å². The van der Waals surface area contributed by atoms with Gasteiger partial charge in [-0.05, 0) is 49.0 Å². The number of halogens is 3. The molecule has 1 fully saturated rings. The second-order valence-electron chi connectivity index (χ2n) is 5.75. The molecule has 10 heteroatoms. The van der Waals surface area contributed by atoms with Crippen LogP contribution in [-0.4, -0.2) is 27.1 Å². The first-order valence-corrected chi connectivity index (χ1v) is 10.3. The molecular formula is C17H15F3N2O3S2. The van der Waals surface area contributed by atoms with Gasteiger partial charge >= 0.3 is 6.18 Å². The van der Waals surface area contributed by atoms with Crippen molar-refractivity contribution in [1.29, 1.82) is 0 Å². The first-order chi connectivity index (χ1) is 12.6. The van der Waals surface area contributed by atoms with E-state index in [1.807, 2.05) is 0 Å². The second-order valence-corrected chi connectivity index (χ2v) is 8.70. The molecule has 144 valence electrons. The predicted molar refractivity (Wildman–Crippen MR) is 96.8 cm³/mol. The Bertz CT molecular complexity index is 943. The molecule has 1 aliphatic rings. The standard InChI is InChI=1S/C17H15F3N2O3S2/c1-21-27(24,25)14-8-6-13(7-9-14)22-15(23)10-26-16(22)11-2-4-12(5-3-11)17(18,19)20/h2-9,16,21H,10H2,1H3/t16-/m1/s1. The molecule has 1 saturated heterocycles. The Hall–Kier alpha value is -2.04. The molecule has 5 nitrogen and oxygen atoms in total. The average Bonchev–Trinajstić information content (AvgIpc) is 3.02. The highest BCUT2D eigenvalue weighted by Gasteiger charge is 2.35. The summed E-state index contributed by atoms with van der Waals surface area (Å²) in [6.07, 6.45) is -4.43. The molecule has 1 atom stereocenters. The third-order valence-electron chi connectivity index (χ3n) is 4.08. The van der Waals surface area contributed by atoms with E-state index in [0.29, 0.717) is 11.3 Å². The van der Waals surface area contributed by atoms with E-state index in [-0.39, 0.29) is 16.6 Å². The van der Waals surface area contributed by atoms with Gasteiger partial charge in [0.1, 0.15) is 5.37 Å². The van der Waals surface area contributed by atoms with Crippen molar-refractivity contribution in [1.82, 2.24) is 4.72 Å². The van der Waals surface area contributed by atoms with Crippen molar-refractivity contribution in [2.45, 2.75) is 16.4 Å². The third kappa shape index (κ3) is 3.97. The first kappa shape index (κ1) is 19.7. The van der Waals surface area contributed by atoms with Crippen LogP contribution in [0.3, 0.4) is 0 Å². The lowest BCUT2D eigenvalue weighted by molar-refractivity contribution is -0.137. The fourth-order valence-electron chi connectivity index (χ4n) is 2.69. The van der Waals surface area contributed by atoms with Crippen LogP contribution < -0.4 is 9.62 Å². The largest absolute Gasteiger partial charge is 0.416 e. The lowest BCUT2D eigenvalue weighted by Gasteiger charge is -2.24. The topological polar surface area (TPSA) is 66.5 Å². The van der Waals surface area contributed by atoms with Gasteiger partial charge in [0.15, 0.2) is 0 Å². The maximum absolute atomic E-state index is 12.7. The molecule has 1 aliphatic heterocycles. The Labute approximate surface area is 158 Å². The van der Waals surface area contributed by atoms with Crippen molar-refractivity contribution < 1.29 is 26.4 Å². The maximum Gasteiger partial charge on any atom is 0.416 e. The highest BCUT2D eigenvalue weighted by Crippen LogP contribution is 2.42. The quantitative estimate of drug-likeness (QED) is 0.830. The van der Waals surface area contributed by atoms with Gasteiger partial charge in [-0.25, -0.2) is 13.1 Å². The van der Waals surface area contributed by atoms with Crippen LogP contribution >= 0.6 is 11.8 Å². The summed E-state index contributed by atoms with van der Waals surface area (Å²) in [6.45, 7) is 0. The molecule has 0 aliphatic carbocycles. The monoisotopic (exact) mass is 416 g/mol. The van der Waals surface area contributed by atoms with E-state index in [4.69, 9.17) is 0 Å². The lowest BCUT2D eigenvalue weighted by atomic mass is 10.1. The van der Waals surface area contributed by atoms with E-state index in [9.17, 15) is 26.4 Å². The molecule has 0 spiro atoms. The highest BCUT2D eigenvalue weighted by atomic mass is 32.2. The number of sulfonamides is 1. The van der Waals surface area contributed by atoms with Gasteiger partial charge in [0, 0.05) is 5.69 Å². The lowest BCUT2D eigenvalue weighted by Crippen LogP contribution is -2.28. The van der Waals surface area contributed by atoms with Crippen LogP contribution in [0.4, 0.5) is 18.9 Å². The Morgan fingerprint density at radius 2 is 1.67 bits per heavy atom. The van der Waals surface area contributed by atoms with Gasteiger partial charge in [-0.15, -0.1) is 11.8 Å². The Morgan fingerprint density at radius 1 is 1.07 bits per heavy atom. The van der Waals surface area contributed by atoms with Gasteiger partial charge in [0.2, 0.25) is 15.9 Å². The summed E-state index contributed by atoms with van der Waals surface area (Å²) in [5.74, 6) is -0.0171. The molecule has 2 aromatic rings. The molecule has 1 heterocycles. The Morgan fingerprint density at radius 3 is 2.19 bits per heavy atom. The van der Waals surface area contributed by atoms with Gasteiger partial charge in [-0.3, -0.25) is 9.69 Å². The minimum Gasteiger partial charge on any atom is -0.295 e. The molecule has 0 bridgehead atoms. The number of benzene rings is 2. The molecular weight excluding hydrogens is 401 g/mol. The molecule has 2 aromatic carbocycles. The van der Waals surface area contributed by atoms with Crippen molar-refractivity contribution in [3.8, 4) is 0 Å². The van der Waals surface area contributed by atoms with E-state index in [0.717, 1.165) is 12.1 Å². The van der Waals surface area contributed by atoms with Crippen molar-refractivity contribution in [2.75, 3.05) is 17.7 Å². The van der Waals surface area contributed by atoms with Gasteiger partial charge in [-0.1, -0.05) is 12.1 Å². The Balaban J connectivity index is 1.91. The second kappa shape index (κ2) is 7.17. The number of nitrogens with one attached hydrogen (secondary N) is 1. The number of hydrogen-bond donors (Lipinski definition) is 1. The average molecular weight is 416 g/mol. The van der Waals surface area contributed by atoms with Crippen molar-refractivity contribution in [3.05, 3.63) is 59.7 Å². The minimum atomic E-state index is -4.43. The van der Waals surface area contributed by atoms with E-state index >= 15 is 0 Å². The zero-order chi connectivity index (χ0) is 19.8. The summed E-state index contributed by atoms with van der Waals surface area (Å²) in [5, 5.41) is -0.480. The van der Waals surface area contributed by atoms with Crippen molar-refractivity contribution in [2.24, 2.45) is 0 Å². The molecule has 27 heavy (non-hydrogen) atoms. The summed E-state index contributed by atoms with van der Waals surface area (Å²) in [5.41, 5.74) is 0.282. The number of rotatable bonds is 4. The summed E-state index contributed by atoms with van der Waals surface area (Å²) < 4.78 is 64.0. The highest BCUT2D eigenvalue weighted by molar-refractivity contribution is 8.00. The molecule has 0 unspecified atom stereocenters. The number of alkyl halides is 3. The number of thioether (sulfide) groups is 1. The molecule has 0 saturated carbocycles. The fourth-order valence-corrected chi connectivity index (χ4v) is 4.60. The summed E-state index contributed by atoms with van der Waals surface area (Å²) in [7, 11) is -2.31. The van der Waals surface area contributed by atoms with Crippen molar-refractivity contribution in [3.63, 3.8) is 0 Å². The minimum absolute atomic E-state index is 0.0547. The number of carbonyl (C=O) groups excluding carboxylic acids is 1. The normalized spacial score (nSPS) is 18.1. The maximum atomic E-state index is 12.7. The number of anilines is 1. The third-order valence-corrected chi connectivity index (χ3v) is 6.73. The molecule has 1 amide bonds. The number of amides is 1. The van der Waals surface area contributed by atoms with Crippen LogP contribution in [0.5, 0.6) is 0 Å². The zero-order valence-corrected chi connectivity index (χ0v) is 15.7. The van der Waals surface area contributed by atoms with Crippen LogP contribution in [0.2, 0.25) is 0 Å². The predicted octanol–water partition coefficient (Wildman–Crippen LogP) is 3.39. The molecule has 0 radical (unpaired) electrons. The van der Waals surface area contributed by atoms with E-state index in [1.165, 1.54) is 60.1 Å². The van der Waals surface area contributed by atoms with Crippen LogP contribution in [0, 0.1) is 0 Å². The SMILES string of the molecule is CNS(=O)(=O)c1ccc(N2C(=O)CS[C@@H]2c2ccc(C(F)(F)F)cc2)cc1. The molecule has 3 rings (SSSR count). The number of hydrogen-bond acceptors (Lipinski definition) is 4. The first-order valence-electron chi connectivity index (χ1n) is 7.78. The van der Waals surface area contributed by atoms with Gasteiger partial charge in [0.25, 0.3) is 0 Å². The van der Waals surface area contributed by atoms with Crippen LogP contribution in [0.25, 0.3) is 0 Å². The smallest absolute Gasteiger partial charge is 0.295 e. The summed E-state index contributed by atoms with van der Waals surface area (Å²) >= 11 is 1.30. The number of carbonyl (C=O) groups is 1. The van der Waals surface area contributed by atoms with Gasteiger partial charge in [0.05, 0.1) is 16.2 Å². The van der Waals surface area contributed by atoms with Crippen LogP contribution in [0.1, 0.15) is 16.5 Å². The zero-order valence-electron chi connectivity index (χ0n) is 14.0. The summed E-state index contributed by atoms with van der Waals surface area (Å²) in [4.78, 5) is 13.8. The van der Waals surface area contributed by atoms with E-state index < -0.39 is 27.1 Å².